The molecule has 1 aliphatic rings. The second-order valence-corrected chi connectivity index (χ2v) is 5.22. The lowest BCUT2D eigenvalue weighted by molar-refractivity contribution is 0.473. The average molecular weight is 301 g/mol. The van der Waals surface area contributed by atoms with Gasteiger partial charge in [0.25, 0.3) is 0 Å². The first-order valence-electron chi connectivity index (χ1n) is 6.96. The smallest absolute Gasteiger partial charge is 0.163 e. The number of aromatic amines is 1. The molecule has 1 unspecified atom stereocenters. The Balaban J connectivity index is 1.74. The van der Waals surface area contributed by atoms with Crippen molar-refractivity contribution in [1.82, 2.24) is 20.3 Å². The van der Waals surface area contributed by atoms with Gasteiger partial charge in [-0.05, 0) is 17.7 Å². The number of benzene rings is 1. The van der Waals surface area contributed by atoms with Crippen LogP contribution in [0.15, 0.2) is 30.7 Å². The van der Waals surface area contributed by atoms with E-state index in [1.54, 1.807) is 12.3 Å². The summed E-state index contributed by atoms with van der Waals surface area (Å²) in [5.74, 6) is -0.946. The number of anilines is 1. The molecule has 112 valence electrons. The van der Waals surface area contributed by atoms with Crippen LogP contribution in [0, 0.1) is 11.6 Å². The number of H-pyrrole nitrogens is 1. The van der Waals surface area contributed by atoms with Crippen molar-refractivity contribution in [3.63, 3.8) is 0 Å². The predicted molar refractivity (Wildman–Crippen MR) is 78.3 cm³/mol. The molecule has 0 spiro atoms. The first kappa shape index (κ1) is 13.1. The van der Waals surface area contributed by atoms with Crippen LogP contribution in [0.4, 0.5) is 14.6 Å². The minimum absolute atomic E-state index is 0.188. The average Bonchev–Trinajstić information content (AvgIpc) is 3.01. The van der Waals surface area contributed by atoms with E-state index in [1.807, 2.05) is 6.07 Å². The van der Waals surface area contributed by atoms with Crippen molar-refractivity contribution < 1.29 is 8.78 Å². The SMILES string of the molecule is Fc1ccc2c(c1F)CNCC2Nc1ncnc2[nH]ccc12. The summed E-state index contributed by atoms with van der Waals surface area (Å²) >= 11 is 0. The normalized spacial score (nSPS) is 17.5. The highest BCUT2D eigenvalue weighted by molar-refractivity contribution is 5.86. The Labute approximate surface area is 124 Å². The van der Waals surface area contributed by atoms with Gasteiger partial charge in [0.05, 0.1) is 11.4 Å². The summed E-state index contributed by atoms with van der Waals surface area (Å²) in [6.45, 7) is 0.925. The topological polar surface area (TPSA) is 65.6 Å². The van der Waals surface area contributed by atoms with Crippen LogP contribution in [0.3, 0.4) is 0 Å². The number of nitrogens with zero attached hydrogens (tertiary/aromatic N) is 2. The molecule has 5 nitrogen and oxygen atoms in total. The van der Waals surface area contributed by atoms with Crippen LogP contribution >= 0.6 is 0 Å². The molecule has 0 radical (unpaired) electrons. The number of aromatic nitrogens is 3. The third-order valence-corrected chi connectivity index (χ3v) is 3.92. The lowest BCUT2D eigenvalue weighted by atomic mass is 9.96. The van der Waals surface area contributed by atoms with Crippen molar-refractivity contribution in [2.75, 3.05) is 11.9 Å². The van der Waals surface area contributed by atoms with E-state index >= 15 is 0 Å². The van der Waals surface area contributed by atoms with E-state index in [9.17, 15) is 8.78 Å². The number of hydrogen-bond donors (Lipinski definition) is 3. The van der Waals surface area contributed by atoms with Gasteiger partial charge in [-0.25, -0.2) is 18.7 Å². The summed E-state index contributed by atoms with van der Waals surface area (Å²) in [4.78, 5) is 11.4. The number of nitrogens with one attached hydrogen (secondary N) is 3. The van der Waals surface area contributed by atoms with Crippen LogP contribution < -0.4 is 10.6 Å². The van der Waals surface area contributed by atoms with Gasteiger partial charge in [0.1, 0.15) is 17.8 Å². The molecule has 0 saturated heterocycles. The monoisotopic (exact) mass is 301 g/mol. The fourth-order valence-corrected chi connectivity index (χ4v) is 2.85. The molecule has 0 amide bonds. The standard InChI is InChI=1S/C15H13F2N5/c16-11-2-1-8-10(13(11)17)5-18-6-12(8)22-15-9-3-4-19-14(9)20-7-21-15/h1-4,7,12,18H,5-6H2,(H2,19,20,21,22). The van der Waals surface area contributed by atoms with Gasteiger partial charge in [0.15, 0.2) is 11.6 Å². The van der Waals surface area contributed by atoms with Crippen molar-refractivity contribution in [2.45, 2.75) is 12.6 Å². The van der Waals surface area contributed by atoms with Crippen LogP contribution in [0.2, 0.25) is 0 Å². The van der Waals surface area contributed by atoms with Crippen molar-refractivity contribution >= 4 is 16.9 Å². The van der Waals surface area contributed by atoms with E-state index in [2.05, 4.69) is 25.6 Å². The first-order valence-corrected chi connectivity index (χ1v) is 6.96. The van der Waals surface area contributed by atoms with Crippen molar-refractivity contribution in [3.05, 3.63) is 53.5 Å². The minimum atomic E-state index is -0.823. The summed E-state index contributed by atoms with van der Waals surface area (Å²) in [5, 5.41) is 7.25. The van der Waals surface area contributed by atoms with E-state index in [1.165, 1.54) is 12.4 Å². The molecule has 22 heavy (non-hydrogen) atoms. The molecular formula is C15H13F2N5. The number of fused-ring (bicyclic) bond motifs is 2. The second kappa shape index (κ2) is 5.03. The van der Waals surface area contributed by atoms with E-state index in [-0.39, 0.29) is 6.04 Å². The quantitative estimate of drug-likeness (QED) is 0.680. The predicted octanol–water partition coefficient (Wildman–Crippen LogP) is 2.49. The van der Waals surface area contributed by atoms with E-state index < -0.39 is 11.6 Å². The first-order chi connectivity index (χ1) is 10.7. The molecule has 0 bridgehead atoms. The summed E-state index contributed by atoms with van der Waals surface area (Å²) < 4.78 is 27.3. The minimum Gasteiger partial charge on any atom is -0.361 e. The molecule has 0 fully saturated rings. The summed E-state index contributed by atoms with van der Waals surface area (Å²) in [6.07, 6.45) is 3.25. The Morgan fingerprint density at radius 2 is 2.09 bits per heavy atom. The zero-order valence-electron chi connectivity index (χ0n) is 11.5. The Kier molecular flexibility index (Phi) is 3.00. The van der Waals surface area contributed by atoms with Crippen molar-refractivity contribution in [3.8, 4) is 0 Å². The van der Waals surface area contributed by atoms with Crippen LogP contribution in [0.1, 0.15) is 17.2 Å². The Bertz CT molecular complexity index is 845. The van der Waals surface area contributed by atoms with Crippen LogP contribution in [0.25, 0.3) is 11.0 Å². The molecule has 0 aliphatic carbocycles. The molecule has 2 aromatic heterocycles. The maximum absolute atomic E-state index is 13.9. The zero-order valence-corrected chi connectivity index (χ0v) is 11.5. The third kappa shape index (κ3) is 2.01. The van der Waals surface area contributed by atoms with Crippen molar-refractivity contribution in [2.24, 2.45) is 0 Å². The molecule has 1 aliphatic heterocycles. The molecule has 4 rings (SSSR count). The third-order valence-electron chi connectivity index (χ3n) is 3.92. The number of rotatable bonds is 2. The van der Waals surface area contributed by atoms with E-state index in [4.69, 9.17) is 0 Å². The molecule has 3 N–H and O–H groups in total. The number of halogens is 2. The number of hydrogen-bond acceptors (Lipinski definition) is 4. The fraction of sp³-hybridized carbons (Fsp3) is 0.200. The molecule has 1 aromatic carbocycles. The van der Waals surface area contributed by atoms with Gasteiger partial charge in [-0.2, -0.15) is 0 Å². The van der Waals surface area contributed by atoms with Gasteiger partial charge < -0.3 is 15.6 Å². The lowest BCUT2D eigenvalue weighted by Crippen LogP contribution is -2.33. The van der Waals surface area contributed by atoms with Gasteiger partial charge in [0.2, 0.25) is 0 Å². The largest absolute Gasteiger partial charge is 0.361 e. The van der Waals surface area contributed by atoms with Crippen molar-refractivity contribution in [1.29, 1.82) is 0 Å². The Morgan fingerprint density at radius 3 is 3.00 bits per heavy atom. The highest BCUT2D eigenvalue weighted by Gasteiger charge is 2.25. The maximum Gasteiger partial charge on any atom is 0.163 e. The van der Waals surface area contributed by atoms with E-state index in [0.29, 0.717) is 24.5 Å². The maximum atomic E-state index is 13.9. The van der Waals surface area contributed by atoms with Gasteiger partial charge in [-0.3, -0.25) is 0 Å². The molecule has 1 atom stereocenters. The molecule has 3 aromatic rings. The lowest BCUT2D eigenvalue weighted by Gasteiger charge is -2.28. The molecule has 3 heterocycles. The highest BCUT2D eigenvalue weighted by Crippen LogP contribution is 2.29. The van der Waals surface area contributed by atoms with Crippen LogP contribution in [-0.4, -0.2) is 21.5 Å². The van der Waals surface area contributed by atoms with Crippen LogP contribution in [-0.2, 0) is 6.54 Å². The Hall–Kier alpha value is -2.54. The molecular weight excluding hydrogens is 288 g/mol. The van der Waals surface area contributed by atoms with Crippen LogP contribution in [0.5, 0.6) is 0 Å². The van der Waals surface area contributed by atoms with Gasteiger partial charge in [0, 0.05) is 24.8 Å². The molecule has 0 saturated carbocycles. The summed E-state index contributed by atoms with van der Waals surface area (Å²) in [5.41, 5.74) is 1.84. The Morgan fingerprint density at radius 1 is 1.18 bits per heavy atom. The zero-order chi connectivity index (χ0) is 15.1. The summed E-state index contributed by atoms with van der Waals surface area (Å²) in [6, 6.07) is 4.48. The highest BCUT2D eigenvalue weighted by atomic mass is 19.2. The second-order valence-electron chi connectivity index (χ2n) is 5.22. The summed E-state index contributed by atoms with van der Waals surface area (Å²) in [7, 11) is 0. The van der Waals surface area contributed by atoms with Gasteiger partial charge in [-0.15, -0.1) is 0 Å². The fourth-order valence-electron chi connectivity index (χ4n) is 2.85. The molecule has 7 heteroatoms. The van der Waals surface area contributed by atoms with Gasteiger partial charge >= 0.3 is 0 Å². The van der Waals surface area contributed by atoms with E-state index in [0.717, 1.165) is 16.6 Å². The van der Waals surface area contributed by atoms with Gasteiger partial charge in [-0.1, -0.05) is 6.07 Å².